The molecule has 0 amide bonds. The number of hydrogen-bond donors (Lipinski definition) is 3. The van der Waals surface area contributed by atoms with Gasteiger partial charge in [0.15, 0.2) is 0 Å². The second kappa shape index (κ2) is 13.0. The molecule has 3 rings (SSSR count). The molecule has 34 heavy (non-hydrogen) atoms. The third-order valence-corrected chi connectivity index (χ3v) is 3.83. The van der Waals surface area contributed by atoms with Crippen LogP contribution in [0.2, 0.25) is 0 Å². The average Bonchev–Trinajstić information content (AvgIpc) is 2.82. The predicted octanol–water partition coefficient (Wildman–Crippen LogP) is 4.25. The molecule has 0 aliphatic rings. The van der Waals surface area contributed by atoms with Crippen molar-refractivity contribution >= 4 is 11.9 Å². The van der Waals surface area contributed by atoms with Crippen LogP contribution in [0.4, 0.5) is 13.2 Å². The fraction of sp³-hybridized carbons (Fsp3) is 0.0870. The largest absolute Gasteiger partial charge is 0.508 e. The molecule has 0 spiro atoms. The quantitative estimate of drug-likeness (QED) is 0.476. The van der Waals surface area contributed by atoms with Gasteiger partial charge in [-0.05, 0) is 48.5 Å². The van der Waals surface area contributed by atoms with E-state index in [9.17, 15) is 22.8 Å². The fourth-order valence-electron chi connectivity index (χ4n) is 2.17. The van der Waals surface area contributed by atoms with Gasteiger partial charge in [0, 0.05) is 6.07 Å². The smallest absolute Gasteiger partial charge is 0.340 e. The number of hydrogen-bond acceptors (Lipinski definition) is 7. The number of halogens is 3. The van der Waals surface area contributed by atoms with Gasteiger partial charge in [0.05, 0.1) is 30.9 Å². The minimum atomic E-state index is -1.39. The standard InChI is InChI=1S/C8H6FNO.C8H7FO3.C7H5FO3/c1-11-7-2-3-8(9)6(4-7)5-10;1-12-8(11)6-4-5(10)2-3-7(6)9;8-6-2-1-4(9)3-5(6)7(10)11/h2-4H,1H3;2-4,10H,1H3;1-3,9H,(H,10,11). The van der Waals surface area contributed by atoms with Crippen LogP contribution in [0, 0.1) is 28.8 Å². The Morgan fingerprint density at radius 3 is 1.76 bits per heavy atom. The van der Waals surface area contributed by atoms with Gasteiger partial charge >= 0.3 is 11.9 Å². The third-order valence-electron chi connectivity index (χ3n) is 3.83. The molecular weight excluding hydrogens is 459 g/mol. The predicted molar refractivity (Wildman–Crippen MR) is 112 cm³/mol. The van der Waals surface area contributed by atoms with E-state index in [4.69, 9.17) is 25.3 Å². The van der Waals surface area contributed by atoms with Crippen LogP contribution in [0.3, 0.4) is 0 Å². The van der Waals surface area contributed by atoms with Crippen LogP contribution >= 0.6 is 0 Å². The Labute approximate surface area is 191 Å². The van der Waals surface area contributed by atoms with E-state index in [-0.39, 0.29) is 22.6 Å². The van der Waals surface area contributed by atoms with Crippen molar-refractivity contribution < 1.29 is 47.6 Å². The van der Waals surface area contributed by atoms with Crippen molar-refractivity contribution in [3.63, 3.8) is 0 Å². The Morgan fingerprint density at radius 1 is 0.824 bits per heavy atom. The summed E-state index contributed by atoms with van der Waals surface area (Å²) in [6.45, 7) is 0. The van der Waals surface area contributed by atoms with Crippen LogP contribution < -0.4 is 4.74 Å². The van der Waals surface area contributed by atoms with Crippen molar-refractivity contribution in [3.8, 4) is 23.3 Å². The highest BCUT2D eigenvalue weighted by atomic mass is 19.1. The molecule has 0 heterocycles. The molecule has 0 saturated heterocycles. The SMILES string of the molecule is COC(=O)c1cc(O)ccc1F.COc1ccc(F)c(C#N)c1.O=C(O)c1cc(O)ccc1F. The van der Waals surface area contributed by atoms with Crippen LogP contribution in [-0.4, -0.2) is 41.5 Å². The first-order chi connectivity index (χ1) is 16.0. The molecule has 0 unspecified atom stereocenters. The number of nitrogens with zero attached hydrogens (tertiary/aromatic N) is 1. The van der Waals surface area contributed by atoms with E-state index < -0.39 is 35.0 Å². The summed E-state index contributed by atoms with van der Waals surface area (Å²) >= 11 is 0. The maximum Gasteiger partial charge on any atom is 0.340 e. The number of phenolic OH excluding ortho intramolecular Hbond substituents is 2. The van der Waals surface area contributed by atoms with Gasteiger partial charge in [-0.15, -0.1) is 0 Å². The number of nitriles is 1. The number of carboxylic acid groups (broad SMARTS) is 1. The van der Waals surface area contributed by atoms with Crippen molar-refractivity contribution in [2.45, 2.75) is 0 Å². The first-order valence-corrected chi connectivity index (χ1v) is 9.06. The Morgan fingerprint density at radius 2 is 1.32 bits per heavy atom. The summed E-state index contributed by atoms with van der Waals surface area (Å²) in [7, 11) is 2.61. The monoisotopic (exact) mass is 477 g/mol. The van der Waals surface area contributed by atoms with Crippen molar-refractivity contribution in [1.82, 2.24) is 0 Å². The van der Waals surface area contributed by atoms with Gasteiger partial charge in [0.2, 0.25) is 0 Å². The molecule has 3 N–H and O–H groups in total. The Balaban J connectivity index is 0.000000255. The highest BCUT2D eigenvalue weighted by Gasteiger charge is 2.12. The highest BCUT2D eigenvalue weighted by molar-refractivity contribution is 5.90. The van der Waals surface area contributed by atoms with E-state index in [0.717, 1.165) is 43.5 Å². The molecule has 178 valence electrons. The Hall–Kier alpha value is -4.72. The number of phenols is 2. The number of aromatic hydroxyl groups is 2. The molecule has 0 aliphatic carbocycles. The van der Waals surface area contributed by atoms with Gasteiger partial charge in [-0.2, -0.15) is 5.26 Å². The zero-order valence-corrected chi connectivity index (χ0v) is 17.8. The lowest BCUT2D eigenvalue weighted by Gasteiger charge is -2.00. The first kappa shape index (κ1) is 27.3. The summed E-state index contributed by atoms with van der Waals surface area (Å²) in [6, 6.07) is 11.8. The maximum atomic E-state index is 12.8. The van der Waals surface area contributed by atoms with Crippen molar-refractivity contribution in [2.24, 2.45) is 0 Å². The molecule has 0 radical (unpaired) electrons. The summed E-state index contributed by atoms with van der Waals surface area (Å²) in [4.78, 5) is 21.0. The molecule has 0 bridgehead atoms. The van der Waals surface area contributed by atoms with Gasteiger partial charge in [-0.25, -0.2) is 22.8 Å². The molecule has 0 saturated carbocycles. The minimum Gasteiger partial charge on any atom is -0.508 e. The van der Waals surface area contributed by atoms with E-state index >= 15 is 0 Å². The molecular formula is C23H18F3NO7. The zero-order valence-electron chi connectivity index (χ0n) is 17.8. The normalized spacial score (nSPS) is 9.29. The number of carbonyl (C=O) groups is 2. The second-order valence-corrected chi connectivity index (χ2v) is 6.08. The van der Waals surface area contributed by atoms with E-state index in [1.54, 1.807) is 6.07 Å². The lowest BCUT2D eigenvalue weighted by atomic mass is 10.2. The molecule has 11 heteroatoms. The van der Waals surface area contributed by atoms with Gasteiger partial charge in [0.1, 0.15) is 40.8 Å². The number of benzene rings is 3. The number of rotatable bonds is 3. The summed E-state index contributed by atoms with van der Waals surface area (Å²) < 4.78 is 47.0. The second-order valence-electron chi connectivity index (χ2n) is 6.08. The molecule has 3 aromatic carbocycles. The summed E-state index contributed by atoms with van der Waals surface area (Å²) in [6.07, 6.45) is 0. The zero-order chi connectivity index (χ0) is 25.8. The molecule has 0 aliphatic heterocycles. The van der Waals surface area contributed by atoms with E-state index in [0.29, 0.717) is 5.75 Å². The number of carbonyl (C=O) groups excluding carboxylic acids is 1. The van der Waals surface area contributed by atoms with Crippen LogP contribution in [0.5, 0.6) is 17.2 Å². The topological polar surface area (TPSA) is 137 Å². The van der Waals surface area contributed by atoms with Gasteiger partial charge < -0.3 is 24.8 Å². The molecule has 8 nitrogen and oxygen atoms in total. The third kappa shape index (κ3) is 8.08. The van der Waals surface area contributed by atoms with Crippen molar-refractivity contribution in [1.29, 1.82) is 5.26 Å². The van der Waals surface area contributed by atoms with Crippen LogP contribution in [0.25, 0.3) is 0 Å². The van der Waals surface area contributed by atoms with E-state index in [2.05, 4.69) is 4.74 Å². The lowest BCUT2D eigenvalue weighted by molar-refractivity contribution is 0.0594. The number of esters is 1. The Bertz CT molecular complexity index is 1210. The number of methoxy groups -OCH3 is 2. The number of ether oxygens (including phenoxy) is 2. The van der Waals surface area contributed by atoms with Gasteiger partial charge in [-0.1, -0.05) is 0 Å². The van der Waals surface area contributed by atoms with E-state index in [1.807, 2.05) is 0 Å². The molecule has 0 atom stereocenters. The minimum absolute atomic E-state index is 0.00403. The van der Waals surface area contributed by atoms with Crippen molar-refractivity contribution in [2.75, 3.05) is 14.2 Å². The molecule has 0 aromatic heterocycles. The van der Waals surface area contributed by atoms with Gasteiger partial charge in [-0.3, -0.25) is 0 Å². The van der Waals surface area contributed by atoms with Crippen molar-refractivity contribution in [3.05, 3.63) is 88.7 Å². The number of aromatic carboxylic acids is 1. The number of carboxylic acids is 1. The van der Waals surface area contributed by atoms with Crippen LogP contribution in [0.1, 0.15) is 26.3 Å². The average molecular weight is 477 g/mol. The molecule has 3 aromatic rings. The lowest BCUT2D eigenvalue weighted by Crippen LogP contribution is -2.03. The highest BCUT2D eigenvalue weighted by Crippen LogP contribution is 2.16. The summed E-state index contributed by atoms with van der Waals surface area (Å²) in [5, 5.41) is 34.4. The van der Waals surface area contributed by atoms with Gasteiger partial charge in [0.25, 0.3) is 0 Å². The first-order valence-electron chi connectivity index (χ1n) is 9.06. The van der Waals surface area contributed by atoms with E-state index in [1.165, 1.54) is 25.3 Å². The summed E-state index contributed by atoms with van der Waals surface area (Å²) in [5.74, 6) is -4.21. The van der Waals surface area contributed by atoms with Crippen LogP contribution in [-0.2, 0) is 4.74 Å². The summed E-state index contributed by atoms with van der Waals surface area (Å²) in [5.41, 5.74) is -0.785. The Kier molecular flexibility index (Phi) is 10.4. The van der Waals surface area contributed by atoms with Crippen LogP contribution in [0.15, 0.2) is 54.6 Å². The molecule has 0 fully saturated rings. The maximum absolute atomic E-state index is 12.8. The fourth-order valence-corrected chi connectivity index (χ4v) is 2.17.